The van der Waals surface area contributed by atoms with Crippen LogP contribution < -0.4 is 10.2 Å². The van der Waals surface area contributed by atoms with Crippen molar-refractivity contribution >= 4 is 33.1 Å². The van der Waals surface area contributed by atoms with Gasteiger partial charge in [0.25, 0.3) is 0 Å². The quantitative estimate of drug-likeness (QED) is 0.827. The number of piperazine rings is 1. The molecular weight excluding hydrogens is 376 g/mol. The zero-order valence-corrected chi connectivity index (χ0v) is 15.7. The molecule has 1 atom stereocenters. The van der Waals surface area contributed by atoms with Crippen molar-refractivity contribution in [3.8, 4) is 0 Å². The lowest BCUT2D eigenvalue weighted by Gasteiger charge is -2.36. The lowest BCUT2D eigenvalue weighted by Crippen LogP contribution is -2.55. The van der Waals surface area contributed by atoms with Gasteiger partial charge in [-0.05, 0) is 48.9 Å². The minimum Gasteiger partial charge on any atom is -0.480 e. The molecule has 1 aliphatic rings. The van der Waals surface area contributed by atoms with Gasteiger partial charge in [-0.2, -0.15) is 0 Å². The van der Waals surface area contributed by atoms with E-state index in [2.05, 4.69) is 5.32 Å². The maximum absolute atomic E-state index is 12.8. The number of nitrogens with zero attached hydrogens (tertiary/aromatic N) is 1. The highest BCUT2D eigenvalue weighted by Gasteiger charge is 2.30. The Morgan fingerprint density at radius 1 is 1.23 bits per heavy atom. The number of carboxylic acids is 1. The third-order valence-corrected chi connectivity index (χ3v) is 6.41. The Kier molecular flexibility index (Phi) is 5.22. The Morgan fingerprint density at radius 2 is 1.96 bits per heavy atom. The number of carbonyl (C=O) groups is 1. The molecule has 2 aromatic carbocycles. The van der Waals surface area contributed by atoms with Crippen LogP contribution in [-0.2, 0) is 14.6 Å². The standard InChI is InChI=1S/C18H19ClN2O4S/c1-12-9-15(26(24,25)14-4-2-3-13(19)10-14)5-6-16(12)21-8-7-20-11-17(21)18(22)23/h2-6,9-10,17,20H,7-8,11H2,1H3,(H,22,23). The Labute approximate surface area is 157 Å². The number of carboxylic acid groups (broad SMARTS) is 1. The summed E-state index contributed by atoms with van der Waals surface area (Å²) < 4.78 is 25.6. The minimum atomic E-state index is -3.69. The van der Waals surface area contributed by atoms with E-state index in [0.29, 0.717) is 30.2 Å². The molecule has 3 rings (SSSR count). The monoisotopic (exact) mass is 394 g/mol. The van der Waals surface area contributed by atoms with Gasteiger partial charge < -0.3 is 15.3 Å². The number of nitrogens with one attached hydrogen (secondary N) is 1. The highest BCUT2D eigenvalue weighted by atomic mass is 35.5. The fourth-order valence-electron chi connectivity index (χ4n) is 3.10. The summed E-state index contributed by atoms with van der Waals surface area (Å²) in [5.74, 6) is -0.910. The van der Waals surface area contributed by atoms with Crippen LogP contribution in [0.25, 0.3) is 0 Å². The van der Waals surface area contributed by atoms with Crippen LogP contribution in [0.5, 0.6) is 0 Å². The highest BCUT2D eigenvalue weighted by molar-refractivity contribution is 7.91. The zero-order chi connectivity index (χ0) is 18.9. The molecule has 26 heavy (non-hydrogen) atoms. The normalized spacial score (nSPS) is 17.9. The van der Waals surface area contributed by atoms with Gasteiger partial charge in [0.1, 0.15) is 6.04 Å². The molecule has 0 aromatic heterocycles. The van der Waals surface area contributed by atoms with Gasteiger partial charge in [-0.15, -0.1) is 0 Å². The van der Waals surface area contributed by atoms with Crippen molar-refractivity contribution in [1.82, 2.24) is 5.32 Å². The smallest absolute Gasteiger partial charge is 0.327 e. The van der Waals surface area contributed by atoms with E-state index in [-0.39, 0.29) is 9.79 Å². The number of hydrogen-bond acceptors (Lipinski definition) is 5. The summed E-state index contributed by atoms with van der Waals surface area (Å²) >= 11 is 5.91. The van der Waals surface area contributed by atoms with Gasteiger partial charge in [0.2, 0.25) is 9.84 Å². The second-order valence-corrected chi connectivity index (χ2v) is 8.55. The summed E-state index contributed by atoms with van der Waals surface area (Å²) in [5.41, 5.74) is 1.44. The highest BCUT2D eigenvalue weighted by Crippen LogP contribution is 2.29. The van der Waals surface area contributed by atoms with Gasteiger partial charge in [-0.25, -0.2) is 13.2 Å². The van der Waals surface area contributed by atoms with E-state index in [1.807, 2.05) is 0 Å². The molecule has 0 amide bonds. The molecule has 1 unspecified atom stereocenters. The van der Waals surface area contributed by atoms with Gasteiger partial charge in [0.05, 0.1) is 9.79 Å². The van der Waals surface area contributed by atoms with Crippen LogP contribution in [0.1, 0.15) is 5.56 Å². The second-order valence-electron chi connectivity index (χ2n) is 6.16. The Morgan fingerprint density at radius 3 is 2.62 bits per heavy atom. The van der Waals surface area contributed by atoms with Crippen molar-refractivity contribution in [2.45, 2.75) is 22.8 Å². The third kappa shape index (κ3) is 3.56. The van der Waals surface area contributed by atoms with Crippen molar-refractivity contribution in [3.63, 3.8) is 0 Å². The number of sulfone groups is 1. The van der Waals surface area contributed by atoms with E-state index in [1.165, 1.54) is 18.2 Å². The molecule has 138 valence electrons. The molecule has 2 aromatic rings. The minimum absolute atomic E-state index is 0.128. The summed E-state index contributed by atoms with van der Waals surface area (Å²) in [6.07, 6.45) is 0. The molecule has 0 saturated carbocycles. The predicted molar refractivity (Wildman–Crippen MR) is 99.7 cm³/mol. The van der Waals surface area contributed by atoms with Crippen LogP contribution in [0.2, 0.25) is 5.02 Å². The van der Waals surface area contributed by atoms with Crippen LogP contribution >= 0.6 is 11.6 Å². The fraction of sp³-hybridized carbons (Fsp3) is 0.278. The molecule has 1 aliphatic heterocycles. The number of aliphatic carboxylic acids is 1. The molecule has 0 aliphatic carbocycles. The number of anilines is 1. The van der Waals surface area contributed by atoms with Crippen molar-refractivity contribution in [3.05, 3.63) is 53.1 Å². The van der Waals surface area contributed by atoms with Crippen LogP contribution in [0.4, 0.5) is 5.69 Å². The van der Waals surface area contributed by atoms with Gasteiger partial charge in [-0.1, -0.05) is 17.7 Å². The first-order valence-electron chi connectivity index (χ1n) is 8.12. The maximum Gasteiger partial charge on any atom is 0.327 e. The summed E-state index contributed by atoms with van der Waals surface area (Å²) in [4.78, 5) is 13.6. The lowest BCUT2D eigenvalue weighted by molar-refractivity contribution is -0.138. The largest absolute Gasteiger partial charge is 0.480 e. The number of benzene rings is 2. The van der Waals surface area contributed by atoms with Crippen molar-refractivity contribution in [2.75, 3.05) is 24.5 Å². The van der Waals surface area contributed by atoms with Crippen LogP contribution in [0.15, 0.2) is 52.3 Å². The second kappa shape index (κ2) is 7.26. The van der Waals surface area contributed by atoms with E-state index < -0.39 is 21.8 Å². The molecule has 0 radical (unpaired) electrons. The van der Waals surface area contributed by atoms with Crippen LogP contribution in [0, 0.1) is 6.92 Å². The van der Waals surface area contributed by atoms with Crippen molar-refractivity contribution < 1.29 is 18.3 Å². The van der Waals surface area contributed by atoms with E-state index in [4.69, 9.17) is 11.6 Å². The van der Waals surface area contributed by atoms with E-state index in [9.17, 15) is 18.3 Å². The fourth-order valence-corrected chi connectivity index (χ4v) is 4.75. The first-order chi connectivity index (χ1) is 12.3. The number of halogens is 1. The summed E-state index contributed by atoms with van der Waals surface area (Å²) in [7, 11) is -3.69. The van der Waals surface area contributed by atoms with Gasteiger partial charge >= 0.3 is 5.97 Å². The molecule has 6 nitrogen and oxygen atoms in total. The lowest BCUT2D eigenvalue weighted by atomic mass is 10.1. The van der Waals surface area contributed by atoms with Crippen molar-refractivity contribution in [1.29, 1.82) is 0 Å². The van der Waals surface area contributed by atoms with Crippen molar-refractivity contribution in [2.24, 2.45) is 0 Å². The first-order valence-corrected chi connectivity index (χ1v) is 9.98. The average Bonchev–Trinajstić information content (AvgIpc) is 2.61. The topological polar surface area (TPSA) is 86.7 Å². The molecule has 2 N–H and O–H groups in total. The summed E-state index contributed by atoms with van der Waals surface area (Å²) in [5, 5.41) is 12.8. The number of rotatable bonds is 4. The van der Waals surface area contributed by atoms with Crippen LogP contribution in [-0.4, -0.2) is 45.2 Å². The molecule has 1 heterocycles. The molecule has 0 bridgehead atoms. The summed E-state index contributed by atoms with van der Waals surface area (Å²) in [6, 6.07) is 10.2. The van der Waals surface area contributed by atoms with Gasteiger partial charge in [-0.3, -0.25) is 0 Å². The molecule has 8 heteroatoms. The molecule has 0 spiro atoms. The van der Waals surface area contributed by atoms with E-state index >= 15 is 0 Å². The van der Waals surface area contributed by atoms with Gasteiger partial charge in [0.15, 0.2) is 0 Å². The Hall–Kier alpha value is -2.09. The van der Waals surface area contributed by atoms with Gasteiger partial charge in [0, 0.05) is 30.3 Å². The predicted octanol–water partition coefficient (Wildman–Crippen LogP) is 2.34. The summed E-state index contributed by atoms with van der Waals surface area (Å²) in [6.45, 7) is 3.34. The molecule has 1 saturated heterocycles. The number of aryl methyl sites for hydroxylation is 1. The molecule has 1 fully saturated rings. The van der Waals surface area contributed by atoms with E-state index in [0.717, 1.165) is 5.69 Å². The average molecular weight is 395 g/mol. The maximum atomic E-state index is 12.8. The Bertz CT molecular complexity index is 946. The van der Waals surface area contributed by atoms with Crippen LogP contribution in [0.3, 0.4) is 0 Å². The third-order valence-electron chi connectivity index (χ3n) is 4.42. The zero-order valence-electron chi connectivity index (χ0n) is 14.1. The first kappa shape index (κ1) is 18.7. The Balaban J connectivity index is 1.98. The number of hydrogen-bond donors (Lipinski definition) is 2. The molecular formula is C18H19ClN2O4S. The SMILES string of the molecule is Cc1cc(S(=O)(=O)c2cccc(Cl)c2)ccc1N1CCNCC1C(=O)O. The van der Waals surface area contributed by atoms with E-state index in [1.54, 1.807) is 36.1 Å².